The summed E-state index contributed by atoms with van der Waals surface area (Å²) in [6.07, 6.45) is 0. The lowest BCUT2D eigenvalue weighted by Crippen LogP contribution is -2.41. The van der Waals surface area contributed by atoms with Crippen LogP contribution in [0.1, 0.15) is 15.9 Å². The summed E-state index contributed by atoms with van der Waals surface area (Å²) in [5, 5.41) is 8.86. The Morgan fingerprint density at radius 1 is 1.00 bits per heavy atom. The lowest BCUT2D eigenvalue weighted by Gasteiger charge is -2.14. The van der Waals surface area contributed by atoms with E-state index in [9.17, 15) is 13.6 Å². The molecule has 2 rings (SSSR count). The summed E-state index contributed by atoms with van der Waals surface area (Å²) >= 11 is 0. The Hall–Kier alpha value is -2.43. The number of amides is 1. The fourth-order valence-electron chi connectivity index (χ4n) is 2.31. The molecule has 0 saturated heterocycles. The topological polar surface area (TPSA) is 74.8 Å². The second kappa shape index (κ2) is 12.9. The number of nitrogens with zero attached hydrogens (tertiary/aromatic N) is 1. The van der Waals surface area contributed by atoms with Crippen molar-refractivity contribution < 1.29 is 18.3 Å². The summed E-state index contributed by atoms with van der Waals surface area (Å²) < 4.78 is 29.4. The van der Waals surface area contributed by atoms with Crippen LogP contribution < -0.4 is 20.7 Å². The van der Waals surface area contributed by atoms with Gasteiger partial charge in [0.2, 0.25) is 0 Å². The molecule has 0 aromatic heterocycles. The van der Waals surface area contributed by atoms with Gasteiger partial charge in [0.1, 0.15) is 5.75 Å². The number of nitrogens with one attached hydrogen (secondary N) is 3. The van der Waals surface area contributed by atoms with Gasteiger partial charge in [0.05, 0.1) is 0 Å². The average Bonchev–Trinajstić information content (AvgIpc) is 2.68. The lowest BCUT2D eigenvalue weighted by atomic mass is 10.2. The number of alkyl halides is 2. The molecule has 0 bridgehead atoms. The maximum atomic E-state index is 12.4. The number of carbonyl (C=O) groups is 1. The van der Waals surface area contributed by atoms with Crippen molar-refractivity contribution in [2.45, 2.75) is 13.2 Å². The third-order valence-electron chi connectivity index (χ3n) is 3.60. The number of ether oxygens (including phenoxy) is 1. The Morgan fingerprint density at radius 2 is 1.64 bits per heavy atom. The van der Waals surface area contributed by atoms with Crippen LogP contribution in [0.25, 0.3) is 0 Å². The fraction of sp³-hybridized carbons (Fsp3) is 0.263. The molecule has 0 aliphatic rings. The monoisotopic (exact) mass is 504 g/mol. The van der Waals surface area contributed by atoms with Crippen molar-refractivity contribution in [2.24, 2.45) is 4.99 Å². The zero-order valence-electron chi connectivity index (χ0n) is 15.3. The molecule has 0 fully saturated rings. The molecule has 2 aromatic carbocycles. The van der Waals surface area contributed by atoms with Crippen LogP contribution >= 0.6 is 24.0 Å². The highest BCUT2D eigenvalue weighted by Gasteiger charge is 2.09. The Kier molecular flexibility index (Phi) is 10.8. The first-order valence-electron chi connectivity index (χ1n) is 8.40. The van der Waals surface area contributed by atoms with Crippen LogP contribution in [-0.4, -0.2) is 38.6 Å². The largest absolute Gasteiger partial charge is 0.434 e. The van der Waals surface area contributed by atoms with Gasteiger partial charge in [-0.15, -0.1) is 24.0 Å². The highest BCUT2D eigenvalue weighted by Crippen LogP contribution is 2.19. The standard InChI is InChI=1S/C19H22F2N4O2.HI/c1-22-19(24-12-11-23-17(26)14-7-3-2-4-8-14)25-13-15-9-5-6-10-16(15)27-18(20)21;/h2-10,18H,11-13H2,1H3,(H,23,26)(H2,22,24,25);1H. The number of carbonyl (C=O) groups excluding carboxylic acids is 1. The quantitative estimate of drug-likeness (QED) is 0.224. The maximum absolute atomic E-state index is 12.4. The van der Waals surface area contributed by atoms with Crippen LogP contribution in [-0.2, 0) is 6.54 Å². The first-order chi connectivity index (χ1) is 13.1. The van der Waals surface area contributed by atoms with Gasteiger partial charge in [0, 0.05) is 37.8 Å². The SMILES string of the molecule is CN=C(NCCNC(=O)c1ccccc1)NCc1ccccc1OC(F)F.I. The number of guanidine groups is 1. The molecule has 0 unspecified atom stereocenters. The van der Waals surface area contributed by atoms with Gasteiger partial charge in [-0.05, 0) is 18.2 Å². The van der Waals surface area contributed by atoms with Gasteiger partial charge in [-0.3, -0.25) is 9.79 Å². The van der Waals surface area contributed by atoms with E-state index in [1.165, 1.54) is 6.07 Å². The van der Waals surface area contributed by atoms with Gasteiger partial charge in [-0.1, -0.05) is 36.4 Å². The van der Waals surface area contributed by atoms with Crippen molar-refractivity contribution in [3.8, 4) is 5.75 Å². The number of halogens is 3. The van der Waals surface area contributed by atoms with Gasteiger partial charge in [0.15, 0.2) is 5.96 Å². The fourth-order valence-corrected chi connectivity index (χ4v) is 2.31. The Morgan fingerprint density at radius 3 is 2.32 bits per heavy atom. The predicted molar refractivity (Wildman–Crippen MR) is 115 cm³/mol. The zero-order chi connectivity index (χ0) is 19.5. The number of benzene rings is 2. The van der Waals surface area contributed by atoms with Crippen molar-refractivity contribution >= 4 is 35.8 Å². The first kappa shape index (κ1) is 23.6. The van der Waals surface area contributed by atoms with Gasteiger partial charge < -0.3 is 20.7 Å². The van der Waals surface area contributed by atoms with E-state index >= 15 is 0 Å². The summed E-state index contributed by atoms with van der Waals surface area (Å²) in [7, 11) is 1.60. The molecule has 28 heavy (non-hydrogen) atoms. The smallest absolute Gasteiger partial charge is 0.387 e. The second-order valence-corrected chi connectivity index (χ2v) is 5.46. The highest BCUT2D eigenvalue weighted by atomic mass is 127. The molecule has 3 N–H and O–H groups in total. The van der Waals surface area contributed by atoms with E-state index in [4.69, 9.17) is 0 Å². The minimum Gasteiger partial charge on any atom is -0.434 e. The van der Waals surface area contributed by atoms with Gasteiger partial charge in [-0.25, -0.2) is 0 Å². The van der Waals surface area contributed by atoms with Crippen LogP contribution in [0.5, 0.6) is 5.75 Å². The highest BCUT2D eigenvalue weighted by molar-refractivity contribution is 14.0. The average molecular weight is 504 g/mol. The summed E-state index contributed by atoms with van der Waals surface area (Å²) in [5.41, 5.74) is 1.17. The molecule has 152 valence electrons. The molecular formula is C19H23F2IN4O2. The number of hydrogen-bond acceptors (Lipinski definition) is 3. The molecule has 9 heteroatoms. The molecule has 2 aromatic rings. The Labute approximate surface area is 179 Å². The summed E-state index contributed by atoms with van der Waals surface area (Å²) in [5.74, 6) is 0.444. The van der Waals surface area contributed by atoms with Gasteiger partial charge >= 0.3 is 6.61 Å². The van der Waals surface area contributed by atoms with Gasteiger partial charge in [0.25, 0.3) is 5.91 Å². The number of hydrogen-bond donors (Lipinski definition) is 3. The van der Waals surface area contributed by atoms with Crippen LogP contribution in [0.3, 0.4) is 0 Å². The van der Waals surface area contributed by atoms with Crippen molar-refractivity contribution in [1.82, 2.24) is 16.0 Å². The molecule has 0 saturated carbocycles. The van der Waals surface area contributed by atoms with E-state index < -0.39 is 6.61 Å². The van der Waals surface area contributed by atoms with Crippen LogP contribution in [0.15, 0.2) is 59.6 Å². The van der Waals surface area contributed by atoms with Gasteiger partial charge in [-0.2, -0.15) is 8.78 Å². The molecule has 0 spiro atoms. The van der Waals surface area contributed by atoms with Crippen LogP contribution in [0.4, 0.5) is 8.78 Å². The Balaban J connectivity index is 0.00000392. The minimum absolute atomic E-state index is 0. The van der Waals surface area contributed by atoms with E-state index in [0.29, 0.717) is 30.2 Å². The van der Waals surface area contributed by atoms with Crippen molar-refractivity contribution in [3.63, 3.8) is 0 Å². The molecule has 0 radical (unpaired) electrons. The summed E-state index contributed by atoms with van der Waals surface area (Å²) in [6, 6.07) is 15.5. The third kappa shape index (κ3) is 8.07. The molecule has 1 amide bonds. The second-order valence-electron chi connectivity index (χ2n) is 5.46. The van der Waals surface area contributed by atoms with Crippen molar-refractivity contribution in [2.75, 3.05) is 20.1 Å². The van der Waals surface area contributed by atoms with E-state index in [0.717, 1.165) is 0 Å². The molecule has 0 aliphatic heterocycles. The van der Waals surface area contributed by atoms with Crippen molar-refractivity contribution in [3.05, 3.63) is 65.7 Å². The van der Waals surface area contributed by atoms with Crippen molar-refractivity contribution in [1.29, 1.82) is 0 Å². The van der Waals surface area contributed by atoms with E-state index in [-0.39, 0.29) is 42.2 Å². The van der Waals surface area contributed by atoms with E-state index in [1.54, 1.807) is 49.5 Å². The molecule has 0 atom stereocenters. The van der Waals surface area contributed by atoms with Crippen LogP contribution in [0, 0.1) is 0 Å². The molecule has 6 nitrogen and oxygen atoms in total. The Bertz CT molecular complexity index is 761. The minimum atomic E-state index is -2.88. The summed E-state index contributed by atoms with van der Waals surface area (Å²) in [6.45, 7) is -1.76. The first-order valence-corrected chi connectivity index (χ1v) is 8.40. The molecule has 0 heterocycles. The lowest BCUT2D eigenvalue weighted by molar-refractivity contribution is -0.0504. The van der Waals surface area contributed by atoms with Crippen LogP contribution in [0.2, 0.25) is 0 Å². The maximum Gasteiger partial charge on any atom is 0.387 e. The number of rotatable bonds is 8. The number of aliphatic imine (C=N–C) groups is 1. The zero-order valence-corrected chi connectivity index (χ0v) is 17.7. The third-order valence-corrected chi connectivity index (χ3v) is 3.60. The predicted octanol–water partition coefficient (Wildman–Crippen LogP) is 3.00. The molecular weight excluding hydrogens is 481 g/mol. The van der Waals surface area contributed by atoms with E-state index in [2.05, 4.69) is 25.7 Å². The number of para-hydroxylation sites is 1. The summed E-state index contributed by atoms with van der Waals surface area (Å²) in [4.78, 5) is 16.0. The van der Waals surface area contributed by atoms with E-state index in [1.807, 2.05) is 6.07 Å². The molecule has 0 aliphatic carbocycles. The normalized spacial score (nSPS) is 10.8.